The molecule has 3 rings (SSSR count). The Balaban J connectivity index is 0.00000161. The molecule has 0 amide bonds. The number of hydrogen-bond acceptors (Lipinski definition) is 2. The van der Waals surface area contributed by atoms with Gasteiger partial charge in [0.05, 0.1) is 17.8 Å². The Bertz CT molecular complexity index is 546. The Kier molecular flexibility index (Phi) is 4.30. The average molecular weight is 322 g/mol. The molecule has 6 heteroatoms. The van der Waals surface area contributed by atoms with Crippen LogP contribution in [0.25, 0.3) is 0 Å². The van der Waals surface area contributed by atoms with Crippen LogP contribution in [-0.4, -0.2) is 18.7 Å². The van der Waals surface area contributed by atoms with Crippen molar-refractivity contribution in [2.75, 3.05) is 13.1 Å². The van der Waals surface area contributed by atoms with Gasteiger partial charge in [0.15, 0.2) is 0 Å². The lowest BCUT2D eigenvalue weighted by atomic mass is 9.79. The largest absolute Gasteiger partial charge is 0.416 e. The van der Waals surface area contributed by atoms with E-state index in [0.29, 0.717) is 25.1 Å². The number of ether oxygens (including phenoxy) is 1. The summed E-state index contributed by atoms with van der Waals surface area (Å²) in [5, 5.41) is 3.24. The van der Waals surface area contributed by atoms with Gasteiger partial charge in [-0.1, -0.05) is 13.0 Å². The van der Waals surface area contributed by atoms with Gasteiger partial charge in [-0.25, -0.2) is 0 Å². The van der Waals surface area contributed by atoms with Gasteiger partial charge in [-0.15, -0.1) is 12.4 Å². The van der Waals surface area contributed by atoms with E-state index in [2.05, 4.69) is 5.32 Å². The Hall–Kier alpha value is -0.780. The summed E-state index contributed by atoms with van der Waals surface area (Å²) in [4.78, 5) is 0. The van der Waals surface area contributed by atoms with Crippen LogP contribution in [0, 0.1) is 0 Å². The van der Waals surface area contributed by atoms with Gasteiger partial charge in [0.2, 0.25) is 0 Å². The minimum absolute atomic E-state index is 0. The summed E-state index contributed by atoms with van der Waals surface area (Å²) < 4.78 is 45.5. The zero-order valence-corrected chi connectivity index (χ0v) is 12.8. The number of halogens is 4. The third-order valence-electron chi connectivity index (χ3n) is 4.54. The number of benzene rings is 1. The van der Waals surface area contributed by atoms with Crippen LogP contribution in [0.3, 0.4) is 0 Å². The van der Waals surface area contributed by atoms with Crippen LogP contribution in [0.4, 0.5) is 13.2 Å². The molecular weight excluding hydrogens is 303 g/mol. The Labute approximate surface area is 128 Å². The van der Waals surface area contributed by atoms with Crippen molar-refractivity contribution in [2.24, 2.45) is 0 Å². The molecule has 118 valence electrons. The Morgan fingerprint density at radius 1 is 1.38 bits per heavy atom. The predicted molar refractivity (Wildman–Crippen MR) is 76.9 cm³/mol. The second-order valence-corrected chi connectivity index (χ2v) is 5.85. The molecule has 0 spiro atoms. The van der Waals surface area contributed by atoms with Crippen molar-refractivity contribution in [2.45, 2.75) is 44.6 Å². The minimum Gasteiger partial charge on any atom is -0.369 e. The van der Waals surface area contributed by atoms with Crippen molar-refractivity contribution in [3.8, 4) is 0 Å². The third-order valence-corrected chi connectivity index (χ3v) is 4.54. The van der Waals surface area contributed by atoms with Crippen LogP contribution >= 0.6 is 12.4 Å². The Morgan fingerprint density at radius 2 is 2.10 bits per heavy atom. The molecule has 1 fully saturated rings. The van der Waals surface area contributed by atoms with E-state index < -0.39 is 11.7 Å². The van der Waals surface area contributed by atoms with E-state index in [-0.39, 0.29) is 30.5 Å². The minimum atomic E-state index is -4.32. The molecule has 0 bridgehead atoms. The molecule has 0 saturated carbocycles. The van der Waals surface area contributed by atoms with E-state index in [9.17, 15) is 13.2 Å². The van der Waals surface area contributed by atoms with E-state index in [4.69, 9.17) is 4.74 Å². The smallest absolute Gasteiger partial charge is 0.369 e. The fourth-order valence-corrected chi connectivity index (χ4v) is 3.32. The summed E-state index contributed by atoms with van der Waals surface area (Å²) >= 11 is 0. The van der Waals surface area contributed by atoms with E-state index in [1.54, 1.807) is 0 Å². The van der Waals surface area contributed by atoms with E-state index in [1.807, 2.05) is 19.9 Å². The maximum Gasteiger partial charge on any atom is 0.416 e. The predicted octanol–water partition coefficient (Wildman–Crippen LogP) is 3.67. The van der Waals surface area contributed by atoms with Crippen LogP contribution in [0.15, 0.2) is 12.1 Å². The molecule has 1 aromatic carbocycles. The first kappa shape index (κ1) is 16.6. The Morgan fingerprint density at radius 3 is 2.71 bits per heavy atom. The highest BCUT2D eigenvalue weighted by Crippen LogP contribution is 2.45. The van der Waals surface area contributed by atoms with Gasteiger partial charge in [0, 0.05) is 19.0 Å². The molecule has 2 nitrogen and oxygen atoms in total. The molecule has 2 heterocycles. The number of aryl methyl sites for hydroxylation is 1. The summed E-state index contributed by atoms with van der Waals surface area (Å²) in [5.74, 6) is -0.00106. The molecule has 1 N–H and O–H groups in total. The van der Waals surface area contributed by atoms with Crippen LogP contribution < -0.4 is 5.32 Å². The summed E-state index contributed by atoms with van der Waals surface area (Å²) in [7, 11) is 0. The first-order valence-electron chi connectivity index (χ1n) is 6.92. The first-order valence-corrected chi connectivity index (χ1v) is 6.92. The van der Waals surface area contributed by atoms with Crippen LogP contribution in [0.2, 0.25) is 0 Å². The van der Waals surface area contributed by atoms with E-state index >= 15 is 0 Å². The molecule has 2 atom stereocenters. The van der Waals surface area contributed by atoms with Crippen molar-refractivity contribution >= 4 is 12.4 Å². The maximum absolute atomic E-state index is 13.3. The number of fused-ring (bicyclic) bond motifs is 3. The quantitative estimate of drug-likeness (QED) is 0.852. The normalized spacial score (nSPS) is 27.8. The number of nitrogens with one attached hydrogen (secondary N) is 1. The number of hydrogen-bond donors (Lipinski definition) is 1. The number of rotatable bonds is 1. The highest BCUT2D eigenvalue weighted by molar-refractivity contribution is 5.85. The molecule has 2 aliphatic heterocycles. The second-order valence-electron chi connectivity index (χ2n) is 5.85. The zero-order valence-electron chi connectivity index (χ0n) is 12.0. The molecule has 1 aromatic rings. The van der Waals surface area contributed by atoms with Crippen molar-refractivity contribution in [3.05, 3.63) is 34.4 Å². The lowest BCUT2D eigenvalue weighted by Crippen LogP contribution is -2.40. The van der Waals surface area contributed by atoms with Gasteiger partial charge in [-0.2, -0.15) is 13.2 Å². The molecule has 21 heavy (non-hydrogen) atoms. The third kappa shape index (κ3) is 2.67. The van der Waals surface area contributed by atoms with Gasteiger partial charge >= 0.3 is 6.18 Å². The van der Waals surface area contributed by atoms with Crippen molar-refractivity contribution in [1.82, 2.24) is 5.32 Å². The fraction of sp³-hybridized carbons (Fsp3) is 0.600. The molecule has 0 aromatic heterocycles. The van der Waals surface area contributed by atoms with E-state index in [1.165, 1.54) is 6.07 Å². The lowest BCUT2D eigenvalue weighted by molar-refractivity contribution is -0.141. The van der Waals surface area contributed by atoms with Crippen LogP contribution in [0.5, 0.6) is 0 Å². The highest BCUT2D eigenvalue weighted by atomic mass is 35.5. The molecule has 1 saturated heterocycles. The maximum atomic E-state index is 13.3. The SMILES string of the molecule is CCc1cc2c(c(C(F)(F)F)c1)COC1(C)CNCC21.Cl. The molecule has 0 radical (unpaired) electrons. The van der Waals surface area contributed by atoms with Crippen molar-refractivity contribution in [1.29, 1.82) is 0 Å². The summed E-state index contributed by atoms with van der Waals surface area (Å²) in [5.41, 5.74) is 0.965. The van der Waals surface area contributed by atoms with Crippen LogP contribution in [-0.2, 0) is 23.9 Å². The zero-order chi connectivity index (χ0) is 14.5. The fourth-order valence-electron chi connectivity index (χ4n) is 3.32. The molecular formula is C15H19ClF3NO. The summed E-state index contributed by atoms with van der Waals surface area (Å²) in [6.45, 7) is 5.27. The van der Waals surface area contributed by atoms with Gasteiger partial charge in [0.1, 0.15) is 0 Å². The first-order chi connectivity index (χ1) is 9.35. The lowest BCUT2D eigenvalue weighted by Gasteiger charge is -2.38. The van der Waals surface area contributed by atoms with Gasteiger partial charge in [0.25, 0.3) is 0 Å². The monoisotopic (exact) mass is 321 g/mol. The van der Waals surface area contributed by atoms with Gasteiger partial charge in [-0.3, -0.25) is 0 Å². The molecule has 2 unspecified atom stereocenters. The van der Waals surface area contributed by atoms with Crippen molar-refractivity contribution < 1.29 is 17.9 Å². The second kappa shape index (κ2) is 5.45. The molecule has 2 aliphatic rings. The summed E-state index contributed by atoms with van der Waals surface area (Å²) in [6.07, 6.45) is -3.72. The summed E-state index contributed by atoms with van der Waals surface area (Å²) in [6, 6.07) is 3.20. The molecule has 0 aliphatic carbocycles. The number of alkyl halides is 3. The van der Waals surface area contributed by atoms with Gasteiger partial charge < -0.3 is 10.1 Å². The van der Waals surface area contributed by atoms with Gasteiger partial charge in [-0.05, 0) is 36.1 Å². The highest BCUT2D eigenvalue weighted by Gasteiger charge is 2.47. The van der Waals surface area contributed by atoms with Crippen molar-refractivity contribution in [3.63, 3.8) is 0 Å². The standard InChI is InChI=1S/C15H18F3NO.ClH/c1-3-9-4-10-11(12(5-9)15(16,17)18)7-20-14(2)8-19-6-13(10)14;/h4-5,13,19H,3,6-8H2,1-2H3;1H. The van der Waals surface area contributed by atoms with Crippen LogP contribution in [0.1, 0.15) is 42.0 Å². The topological polar surface area (TPSA) is 21.3 Å². The van der Waals surface area contributed by atoms with E-state index in [0.717, 1.165) is 11.1 Å². The average Bonchev–Trinajstić information content (AvgIpc) is 2.78.